The normalized spacial score (nSPS) is 15.8. The van der Waals surface area contributed by atoms with Gasteiger partial charge in [0.1, 0.15) is 0 Å². The average Bonchev–Trinajstić information content (AvgIpc) is 3.20. The Labute approximate surface area is 113 Å². The van der Waals surface area contributed by atoms with Crippen LogP contribution in [0.1, 0.15) is 29.6 Å². The third-order valence-corrected chi connectivity index (χ3v) is 4.16. The van der Waals surface area contributed by atoms with Crippen LogP contribution in [-0.4, -0.2) is 33.0 Å². The highest BCUT2D eigenvalue weighted by atomic mass is 32.2. The molecular weight excluding hydrogens is 266 g/mol. The highest BCUT2D eigenvalue weighted by Crippen LogP contribution is 2.18. The van der Waals surface area contributed by atoms with Gasteiger partial charge in [-0.25, -0.2) is 4.79 Å². The van der Waals surface area contributed by atoms with E-state index in [0.29, 0.717) is 10.9 Å². The number of amides is 1. The molecule has 0 spiro atoms. The summed E-state index contributed by atoms with van der Waals surface area (Å²) in [6.07, 6.45) is 2.24. The lowest BCUT2D eigenvalue weighted by Gasteiger charge is -2.04. The van der Waals surface area contributed by atoms with Gasteiger partial charge in [-0.2, -0.15) is 0 Å². The number of nitrogens with one attached hydrogen (secondary N) is 1. The summed E-state index contributed by atoms with van der Waals surface area (Å²) in [5.41, 5.74) is 0.105. The van der Waals surface area contributed by atoms with Gasteiger partial charge in [0.25, 0.3) is 0 Å². The molecule has 19 heavy (non-hydrogen) atoms. The van der Waals surface area contributed by atoms with Crippen LogP contribution in [0.2, 0.25) is 0 Å². The number of carboxylic acids is 1. The summed E-state index contributed by atoms with van der Waals surface area (Å²) < 4.78 is 12.0. The molecule has 6 heteroatoms. The maximum absolute atomic E-state index is 12.0. The van der Waals surface area contributed by atoms with Gasteiger partial charge in [-0.15, -0.1) is 0 Å². The van der Waals surface area contributed by atoms with Crippen LogP contribution >= 0.6 is 0 Å². The van der Waals surface area contributed by atoms with Crippen molar-refractivity contribution in [2.75, 3.05) is 5.75 Å². The van der Waals surface area contributed by atoms with Crippen molar-refractivity contribution in [3.05, 3.63) is 29.8 Å². The fourth-order valence-electron chi connectivity index (χ4n) is 1.60. The Balaban J connectivity index is 1.89. The second-order valence-electron chi connectivity index (χ2n) is 4.47. The predicted molar refractivity (Wildman–Crippen MR) is 70.5 cm³/mol. The van der Waals surface area contributed by atoms with E-state index in [0.717, 1.165) is 12.8 Å². The molecule has 1 aromatic carbocycles. The fraction of sp³-hybridized carbons (Fsp3) is 0.385. The molecule has 2 N–H and O–H groups in total. The first kappa shape index (κ1) is 13.7. The van der Waals surface area contributed by atoms with E-state index in [-0.39, 0.29) is 23.6 Å². The van der Waals surface area contributed by atoms with E-state index in [1.54, 1.807) is 12.1 Å². The van der Waals surface area contributed by atoms with Crippen LogP contribution < -0.4 is 5.32 Å². The molecule has 0 aromatic heterocycles. The van der Waals surface area contributed by atoms with E-state index in [2.05, 4.69) is 5.32 Å². The Kier molecular flexibility index (Phi) is 4.31. The molecule has 1 aromatic rings. The molecule has 1 amide bonds. The van der Waals surface area contributed by atoms with Crippen LogP contribution in [0, 0.1) is 0 Å². The summed E-state index contributed by atoms with van der Waals surface area (Å²) in [4.78, 5) is 22.7. The van der Waals surface area contributed by atoms with E-state index >= 15 is 0 Å². The van der Waals surface area contributed by atoms with Gasteiger partial charge in [-0.1, -0.05) is 6.07 Å². The van der Waals surface area contributed by atoms with Crippen molar-refractivity contribution < 1.29 is 18.9 Å². The Morgan fingerprint density at radius 2 is 2.11 bits per heavy atom. The molecule has 1 saturated carbocycles. The van der Waals surface area contributed by atoms with E-state index in [1.165, 1.54) is 12.1 Å². The SMILES string of the molecule is O=C(CCS(=O)c1cccc(C(=O)O)c1)NC1CC1. The molecule has 0 heterocycles. The molecule has 1 unspecified atom stereocenters. The smallest absolute Gasteiger partial charge is 0.335 e. The lowest BCUT2D eigenvalue weighted by atomic mass is 10.2. The van der Waals surface area contributed by atoms with E-state index in [1.807, 2.05) is 0 Å². The van der Waals surface area contributed by atoms with Crippen LogP contribution in [0.5, 0.6) is 0 Å². The molecule has 5 nitrogen and oxygen atoms in total. The molecule has 2 rings (SSSR count). The minimum atomic E-state index is -1.35. The second kappa shape index (κ2) is 5.97. The van der Waals surface area contributed by atoms with Gasteiger partial charge in [0.15, 0.2) is 0 Å². The summed E-state index contributed by atoms with van der Waals surface area (Å²) in [7, 11) is -1.35. The first-order valence-corrected chi connectivity index (χ1v) is 7.39. The Morgan fingerprint density at radius 3 is 2.74 bits per heavy atom. The number of hydrogen-bond acceptors (Lipinski definition) is 3. The van der Waals surface area contributed by atoms with Gasteiger partial charge in [-0.05, 0) is 31.0 Å². The zero-order valence-electron chi connectivity index (χ0n) is 10.3. The molecule has 102 valence electrons. The zero-order chi connectivity index (χ0) is 13.8. The van der Waals surface area contributed by atoms with Gasteiger partial charge in [-0.3, -0.25) is 9.00 Å². The number of carbonyl (C=O) groups is 2. The van der Waals surface area contributed by atoms with Crippen LogP contribution in [0.3, 0.4) is 0 Å². The molecular formula is C13H15NO4S. The summed E-state index contributed by atoms with van der Waals surface area (Å²) in [6.45, 7) is 0. The summed E-state index contributed by atoms with van der Waals surface area (Å²) in [5.74, 6) is -0.933. The number of carbonyl (C=O) groups excluding carboxylic acids is 1. The zero-order valence-corrected chi connectivity index (χ0v) is 11.1. The van der Waals surface area contributed by atoms with Gasteiger partial charge in [0, 0.05) is 23.1 Å². The van der Waals surface area contributed by atoms with Crippen LogP contribution in [0.25, 0.3) is 0 Å². The monoisotopic (exact) mass is 281 g/mol. The number of hydrogen-bond donors (Lipinski definition) is 2. The summed E-state index contributed by atoms with van der Waals surface area (Å²) >= 11 is 0. The minimum absolute atomic E-state index is 0.0924. The number of rotatable bonds is 6. The number of aromatic carboxylic acids is 1. The Morgan fingerprint density at radius 1 is 1.37 bits per heavy atom. The van der Waals surface area contributed by atoms with Crippen molar-refractivity contribution in [1.82, 2.24) is 5.32 Å². The highest BCUT2D eigenvalue weighted by molar-refractivity contribution is 7.85. The molecule has 0 aliphatic heterocycles. The van der Waals surface area contributed by atoms with E-state index < -0.39 is 16.8 Å². The fourth-order valence-corrected chi connectivity index (χ4v) is 2.70. The maximum Gasteiger partial charge on any atom is 0.335 e. The van der Waals surface area contributed by atoms with Gasteiger partial charge < -0.3 is 10.4 Å². The standard InChI is InChI=1S/C13H15NO4S/c15-12(14-10-4-5-10)6-7-19(18)11-3-1-2-9(8-11)13(16)17/h1-3,8,10H,4-7H2,(H,14,15)(H,16,17). The second-order valence-corrected chi connectivity index (χ2v) is 6.05. The average molecular weight is 281 g/mol. The quantitative estimate of drug-likeness (QED) is 0.819. The van der Waals surface area contributed by atoms with Crippen molar-refractivity contribution >= 4 is 22.7 Å². The molecule has 1 fully saturated rings. The predicted octanol–water partition coefficient (Wildman–Crippen LogP) is 1.16. The maximum atomic E-state index is 12.0. The first-order valence-electron chi connectivity index (χ1n) is 6.07. The number of benzene rings is 1. The first-order chi connectivity index (χ1) is 9.06. The van der Waals surface area contributed by atoms with Crippen LogP contribution in [-0.2, 0) is 15.6 Å². The Hall–Kier alpha value is -1.69. The topological polar surface area (TPSA) is 83.5 Å². The minimum Gasteiger partial charge on any atom is -0.478 e. The third-order valence-electron chi connectivity index (χ3n) is 2.80. The van der Waals surface area contributed by atoms with E-state index in [9.17, 15) is 13.8 Å². The largest absolute Gasteiger partial charge is 0.478 e. The lowest BCUT2D eigenvalue weighted by Crippen LogP contribution is -2.26. The van der Waals surface area contributed by atoms with Gasteiger partial charge >= 0.3 is 5.97 Å². The molecule has 1 aliphatic rings. The third kappa shape index (κ3) is 4.17. The van der Waals surface area contributed by atoms with Crippen molar-refractivity contribution in [3.8, 4) is 0 Å². The van der Waals surface area contributed by atoms with Crippen LogP contribution in [0.15, 0.2) is 29.2 Å². The molecule has 0 saturated heterocycles. The molecule has 1 aliphatic carbocycles. The molecule has 0 bridgehead atoms. The Bertz CT molecular complexity index is 525. The summed E-state index contributed by atoms with van der Waals surface area (Å²) in [6, 6.07) is 6.30. The van der Waals surface area contributed by atoms with Gasteiger partial charge in [0.05, 0.1) is 16.4 Å². The van der Waals surface area contributed by atoms with Crippen LogP contribution in [0.4, 0.5) is 0 Å². The van der Waals surface area contributed by atoms with Crippen molar-refractivity contribution in [2.45, 2.75) is 30.2 Å². The van der Waals surface area contributed by atoms with Gasteiger partial charge in [0.2, 0.25) is 5.91 Å². The lowest BCUT2D eigenvalue weighted by molar-refractivity contribution is -0.120. The molecule has 0 radical (unpaired) electrons. The highest BCUT2D eigenvalue weighted by Gasteiger charge is 2.23. The van der Waals surface area contributed by atoms with Crippen molar-refractivity contribution in [2.24, 2.45) is 0 Å². The van der Waals surface area contributed by atoms with E-state index in [4.69, 9.17) is 5.11 Å². The van der Waals surface area contributed by atoms with Crippen molar-refractivity contribution in [3.63, 3.8) is 0 Å². The summed E-state index contributed by atoms with van der Waals surface area (Å²) in [5, 5.41) is 11.7. The number of carboxylic acid groups (broad SMARTS) is 1. The van der Waals surface area contributed by atoms with Crippen molar-refractivity contribution in [1.29, 1.82) is 0 Å². The molecule has 1 atom stereocenters.